The van der Waals surface area contributed by atoms with Crippen LogP contribution in [0.3, 0.4) is 0 Å². The molecule has 7 nitrogen and oxygen atoms in total. The standard InChI is InChI=1S/C14H10N2O5S/c1-10-2-7-14(13(8-10)16(17)18)21-22(19,20)12-5-3-11(9-15)4-6-12/h2-8H,1H3. The number of hydrogen-bond acceptors (Lipinski definition) is 6. The molecule has 0 aliphatic carbocycles. The summed E-state index contributed by atoms with van der Waals surface area (Å²) >= 11 is 0. The molecular formula is C14H10N2O5S. The second-order valence-corrected chi connectivity index (χ2v) is 5.95. The van der Waals surface area contributed by atoms with Gasteiger partial charge in [0.2, 0.25) is 5.75 Å². The monoisotopic (exact) mass is 318 g/mol. The van der Waals surface area contributed by atoms with Gasteiger partial charge in [0, 0.05) is 6.07 Å². The van der Waals surface area contributed by atoms with E-state index in [2.05, 4.69) is 0 Å². The van der Waals surface area contributed by atoms with Gasteiger partial charge >= 0.3 is 15.8 Å². The zero-order valence-corrected chi connectivity index (χ0v) is 12.2. The van der Waals surface area contributed by atoms with Crippen molar-refractivity contribution in [1.29, 1.82) is 5.26 Å². The lowest BCUT2D eigenvalue weighted by atomic mass is 10.2. The van der Waals surface area contributed by atoms with Gasteiger partial charge in [-0.3, -0.25) is 10.1 Å². The van der Waals surface area contributed by atoms with Crippen LogP contribution in [0.15, 0.2) is 47.4 Å². The van der Waals surface area contributed by atoms with Crippen LogP contribution in [-0.4, -0.2) is 13.3 Å². The average molecular weight is 318 g/mol. The zero-order chi connectivity index (χ0) is 16.3. The van der Waals surface area contributed by atoms with E-state index in [0.717, 1.165) is 0 Å². The van der Waals surface area contributed by atoms with Crippen LogP contribution in [-0.2, 0) is 10.1 Å². The molecule has 0 unspecified atom stereocenters. The normalized spacial score (nSPS) is 10.7. The molecule has 0 atom stereocenters. The van der Waals surface area contributed by atoms with Crippen molar-refractivity contribution in [2.24, 2.45) is 0 Å². The van der Waals surface area contributed by atoms with E-state index < -0.39 is 20.7 Å². The Morgan fingerprint density at radius 1 is 1.18 bits per heavy atom. The molecule has 0 saturated carbocycles. The Kier molecular flexibility index (Phi) is 4.10. The number of nitro benzene ring substituents is 1. The highest BCUT2D eigenvalue weighted by Crippen LogP contribution is 2.30. The van der Waals surface area contributed by atoms with Gasteiger partial charge in [-0.2, -0.15) is 13.7 Å². The lowest BCUT2D eigenvalue weighted by molar-refractivity contribution is -0.385. The van der Waals surface area contributed by atoms with Crippen LogP contribution in [0.4, 0.5) is 5.69 Å². The molecule has 0 saturated heterocycles. The van der Waals surface area contributed by atoms with Gasteiger partial charge < -0.3 is 4.18 Å². The van der Waals surface area contributed by atoms with Crippen LogP contribution < -0.4 is 4.18 Å². The third-order valence-electron chi connectivity index (χ3n) is 2.78. The van der Waals surface area contributed by atoms with Gasteiger partial charge in [-0.15, -0.1) is 0 Å². The number of nitro groups is 1. The van der Waals surface area contributed by atoms with Gasteiger partial charge in [-0.1, -0.05) is 6.07 Å². The van der Waals surface area contributed by atoms with E-state index in [-0.39, 0.29) is 10.6 Å². The molecule has 8 heteroatoms. The summed E-state index contributed by atoms with van der Waals surface area (Å²) in [5.41, 5.74) is 0.465. The van der Waals surface area contributed by atoms with Crippen molar-refractivity contribution in [2.75, 3.05) is 0 Å². The third-order valence-corrected chi connectivity index (χ3v) is 4.03. The lowest BCUT2D eigenvalue weighted by Crippen LogP contribution is -2.11. The first kappa shape index (κ1) is 15.5. The molecule has 22 heavy (non-hydrogen) atoms. The molecule has 0 amide bonds. The van der Waals surface area contributed by atoms with E-state index in [1.165, 1.54) is 42.5 Å². The number of nitrogens with zero attached hydrogens (tertiary/aromatic N) is 2. The first-order valence-corrected chi connectivity index (χ1v) is 7.44. The zero-order valence-electron chi connectivity index (χ0n) is 11.4. The van der Waals surface area contributed by atoms with E-state index in [1.54, 1.807) is 6.92 Å². The molecule has 0 N–H and O–H groups in total. The Morgan fingerprint density at radius 3 is 2.36 bits per heavy atom. The Morgan fingerprint density at radius 2 is 1.82 bits per heavy atom. The highest BCUT2D eigenvalue weighted by molar-refractivity contribution is 7.87. The molecule has 0 heterocycles. The maximum absolute atomic E-state index is 12.1. The molecule has 0 aliphatic heterocycles. The third kappa shape index (κ3) is 3.21. The predicted molar refractivity (Wildman–Crippen MR) is 76.8 cm³/mol. The summed E-state index contributed by atoms with van der Waals surface area (Å²) in [7, 11) is -4.22. The Labute approximate surface area is 126 Å². The van der Waals surface area contributed by atoms with E-state index in [9.17, 15) is 18.5 Å². The maximum atomic E-state index is 12.1. The smallest absolute Gasteiger partial charge is 0.339 e. The van der Waals surface area contributed by atoms with Crippen LogP contribution in [0.1, 0.15) is 11.1 Å². The first-order chi connectivity index (χ1) is 10.3. The molecule has 0 spiro atoms. The lowest BCUT2D eigenvalue weighted by Gasteiger charge is -2.08. The summed E-state index contributed by atoms with van der Waals surface area (Å²) in [5, 5.41) is 19.7. The summed E-state index contributed by atoms with van der Waals surface area (Å²) in [6, 6.07) is 10.9. The van der Waals surface area contributed by atoms with E-state index in [1.807, 2.05) is 6.07 Å². The van der Waals surface area contributed by atoms with Crippen LogP contribution in [0.25, 0.3) is 0 Å². The molecule has 2 aromatic carbocycles. The molecule has 0 bridgehead atoms. The summed E-state index contributed by atoms with van der Waals surface area (Å²) in [4.78, 5) is 10.1. The van der Waals surface area contributed by atoms with Crippen molar-refractivity contribution in [3.8, 4) is 11.8 Å². The van der Waals surface area contributed by atoms with Crippen molar-refractivity contribution >= 4 is 15.8 Å². The highest BCUT2D eigenvalue weighted by atomic mass is 32.2. The number of hydrogen-bond donors (Lipinski definition) is 0. The van der Waals surface area contributed by atoms with E-state index >= 15 is 0 Å². The van der Waals surface area contributed by atoms with Crippen molar-refractivity contribution in [1.82, 2.24) is 0 Å². The highest BCUT2D eigenvalue weighted by Gasteiger charge is 2.23. The van der Waals surface area contributed by atoms with E-state index in [4.69, 9.17) is 9.44 Å². The maximum Gasteiger partial charge on any atom is 0.339 e. The summed E-state index contributed by atoms with van der Waals surface area (Å²) in [5.74, 6) is -0.361. The minimum atomic E-state index is -4.22. The Bertz CT molecular complexity index is 867. The van der Waals surface area contributed by atoms with Crippen molar-refractivity contribution in [3.63, 3.8) is 0 Å². The number of benzene rings is 2. The molecule has 112 valence electrons. The van der Waals surface area contributed by atoms with Crippen molar-refractivity contribution in [2.45, 2.75) is 11.8 Å². The molecule has 0 aliphatic rings. The van der Waals surface area contributed by atoms with Gasteiger partial charge in [0.15, 0.2) is 0 Å². The van der Waals surface area contributed by atoms with Crippen molar-refractivity contribution in [3.05, 3.63) is 63.7 Å². The van der Waals surface area contributed by atoms with Gasteiger partial charge in [0.05, 0.1) is 16.6 Å². The van der Waals surface area contributed by atoms with Crippen LogP contribution in [0.2, 0.25) is 0 Å². The van der Waals surface area contributed by atoms with Gasteiger partial charge in [-0.25, -0.2) is 0 Å². The van der Waals surface area contributed by atoms with E-state index in [0.29, 0.717) is 11.1 Å². The first-order valence-electron chi connectivity index (χ1n) is 6.03. The number of nitriles is 1. The quantitative estimate of drug-likeness (QED) is 0.486. The molecular weight excluding hydrogens is 308 g/mol. The van der Waals surface area contributed by atoms with Crippen LogP contribution in [0, 0.1) is 28.4 Å². The fourth-order valence-electron chi connectivity index (χ4n) is 1.70. The van der Waals surface area contributed by atoms with Gasteiger partial charge in [-0.05, 0) is 42.8 Å². The second-order valence-electron chi connectivity index (χ2n) is 4.40. The van der Waals surface area contributed by atoms with Gasteiger partial charge in [0.25, 0.3) is 0 Å². The molecule has 0 radical (unpaired) electrons. The number of aryl methyl sites for hydroxylation is 1. The van der Waals surface area contributed by atoms with Crippen molar-refractivity contribution < 1.29 is 17.5 Å². The molecule has 2 aromatic rings. The van der Waals surface area contributed by atoms with Gasteiger partial charge in [0.1, 0.15) is 4.90 Å². The minimum Gasteiger partial charge on any atom is -0.372 e. The Balaban J connectivity index is 2.40. The summed E-state index contributed by atoms with van der Waals surface area (Å²) in [6.07, 6.45) is 0. The fraction of sp³-hybridized carbons (Fsp3) is 0.0714. The SMILES string of the molecule is Cc1ccc(OS(=O)(=O)c2ccc(C#N)cc2)c([N+](=O)[O-])c1. The molecule has 0 fully saturated rings. The second kappa shape index (κ2) is 5.83. The summed E-state index contributed by atoms with van der Waals surface area (Å²) < 4.78 is 29.1. The summed E-state index contributed by atoms with van der Waals surface area (Å²) in [6.45, 7) is 1.64. The topological polar surface area (TPSA) is 110 Å². The molecule has 0 aromatic heterocycles. The fourth-order valence-corrected chi connectivity index (χ4v) is 2.65. The number of rotatable bonds is 4. The van der Waals surface area contributed by atoms with Crippen LogP contribution in [0.5, 0.6) is 5.75 Å². The Hall–Kier alpha value is -2.92. The molecule has 2 rings (SSSR count). The largest absolute Gasteiger partial charge is 0.372 e. The minimum absolute atomic E-state index is 0.193. The average Bonchev–Trinajstić information content (AvgIpc) is 2.48. The van der Waals surface area contributed by atoms with Crippen LogP contribution >= 0.6 is 0 Å². The predicted octanol–water partition coefficient (Wildman–Crippen LogP) is 2.54.